The van der Waals surface area contributed by atoms with Crippen LogP contribution in [0.1, 0.15) is 0 Å². The van der Waals surface area contributed by atoms with E-state index in [4.69, 9.17) is 10.2 Å². The fourth-order valence-corrected chi connectivity index (χ4v) is 1.02. The second kappa shape index (κ2) is 3.68. The van der Waals surface area contributed by atoms with Crippen molar-refractivity contribution in [2.45, 2.75) is 12.6 Å². The lowest BCUT2D eigenvalue weighted by atomic mass is 10.4. The van der Waals surface area contributed by atoms with Crippen molar-refractivity contribution in [2.24, 2.45) is 0 Å². The molecule has 0 aromatic carbocycles. The molecule has 1 rings (SSSR count). The summed E-state index contributed by atoms with van der Waals surface area (Å²) in [5, 5.41) is 21.0. The summed E-state index contributed by atoms with van der Waals surface area (Å²) in [4.78, 5) is 10.2. The quantitative estimate of drug-likeness (QED) is 0.778. The van der Waals surface area contributed by atoms with Gasteiger partial charge in [-0.25, -0.2) is 4.79 Å². The summed E-state index contributed by atoms with van der Waals surface area (Å²) in [6, 6.07) is 0. The number of halogens is 1. The van der Waals surface area contributed by atoms with Gasteiger partial charge in [-0.05, 0) is 15.9 Å². The number of aliphatic hydroxyl groups excluding tert-OH is 1. The van der Waals surface area contributed by atoms with Gasteiger partial charge >= 0.3 is 5.97 Å². The minimum Gasteiger partial charge on any atom is -0.479 e. The predicted molar refractivity (Wildman–Crippen MR) is 43.6 cm³/mol. The van der Waals surface area contributed by atoms with Gasteiger partial charge in [0.25, 0.3) is 0 Å². The molecule has 66 valence electrons. The highest BCUT2D eigenvalue weighted by Crippen LogP contribution is 2.06. The van der Waals surface area contributed by atoms with Crippen LogP contribution in [0.2, 0.25) is 0 Å². The summed E-state index contributed by atoms with van der Waals surface area (Å²) in [6.45, 7) is -0.0407. The van der Waals surface area contributed by atoms with Crippen molar-refractivity contribution < 1.29 is 15.0 Å². The average molecular weight is 235 g/mol. The molecule has 0 fully saturated rings. The fraction of sp³-hybridized carbons (Fsp3) is 0.333. The molecule has 0 aliphatic carbocycles. The molecule has 1 unspecified atom stereocenters. The summed E-state index contributed by atoms with van der Waals surface area (Å²) in [5.74, 6) is -1.25. The molecule has 0 saturated heterocycles. The zero-order valence-electron chi connectivity index (χ0n) is 6.01. The monoisotopic (exact) mass is 234 g/mol. The Bertz CT molecular complexity index is 286. The molecule has 0 amide bonds. The number of aromatic nitrogens is 2. The third kappa shape index (κ3) is 2.31. The number of carboxylic acid groups (broad SMARTS) is 1. The number of carboxylic acids is 1. The van der Waals surface area contributed by atoms with Crippen LogP contribution in [0.15, 0.2) is 16.9 Å². The number of nitrogens with zero attached hydrogens (tertiary/aromatic N) is 2. The molecule has 1 aromatic heterocycles. The van der Waals surface area contributed by atoms with Crippen LogP contribution in [0.4, 0.5) is 0 Å². The van der Waals surface area contributed by atoms with E-state index in [9.17, 15) is 4.79 Å². The maximum Gasteiger partial charge on any atom is 0.334 e. The highest BCUT2D eigenvalue weighted by Gasteiger charge is 2.13. The van der Waals surface area contributed by atoms with Gasteiger partial charge in [-0.1, -0.05) is 0 Å². The third-order valence-corrected chi connectivity index (χ3v) is 1.66. The van der Waals surface area contributed by atoms with E-state index in [0.29, 0.717) is 0 Å². The van der Waals surface area contributed by atoms with E-state index < -0.39 is 12.1 Å². The molecular weight excluding hydrogens is 228 g/mol. The molecule has 6 heteroatoms. The number of carbonyl (C=O) groups is 1. The van der Waals surface area contributed by atoms with E-state index in [1.54, 1.807) is 6.20 Å². The fourth-order valence-electron chi connectivity index (χ4n) is 0.693. The van der Waals surface area contributed by atoms with Crippen molar-refractivity contribution in [2.75, 3.05) is 0 Å². The number of rotatable bonds is 3. The summed E-state index contributed by atoms with van der Waals surface area (Å²) in [6.07, 6.45) is 1.71. The number of hydrogen-bond donors (Lipinski definition) is 2. The van der Waals surface area contributed by atoms with E-state index in [1.807, 2.05) is 0 Å². The molecule has 0 saturated carbocycles. The molecule has 1 heterocycles. The summed E-state index contributed by atoms with van der Waals surface area (Å²) in [5.41, 5.74) is 0. The van der Waals surface area contributed by atoms with Gasteiger partial charge in [-0.15, -0.1) is 0 Å². The van der Waals surface area contributed by atoms with E-state index in [1.165, 1.54) is 10.9 Å². The highest BCUT2D eigenvalue weighted by molar-refractivity contribution is 9.10. The van der Waals surface area contributed by atoms with Crippen LogP contribution < -0.4 is 0 Å². The number of aliphatic hydroxyl groups is 1. The van der Waals surface area contributed by atoms with Crippen LogP contribution in [-0.4, -0.2) is 32.1 Å². The minimum atomic E-state index is -1.41. The molecule has 0 aliphatic rings. The van der Waals surface area contributed by atoms with Crippen LogP contribution in [0, 0.1) is 0 Å². The molecule has 0 aliphatic heterocycles. The highest BCUT2D eigenvalue weighted by atomic mass is 79.9. The van der Waals surface area contributed by atoms with E-state index >= 15 is 0 Å². The van der Waals surface area contributed by atoms with E-state index in [2.05, 4.69) is 21.0 Å². The summed E-state index contributed by atoms with van der Waals surface area (Å²) >= 11 is 3.15. The maximum atomic E-state index is 10.2. The normalized spacial score (nSPS) is 12.8. The van der Waals surface area contributed by atoms with Crippen LogP contribution >= 0.6 is 15.9 Å². The van der Waals surface area contributed by atoms with Crippen molar-refractivity contribution in [3.8, 4) is 0 Å². The number of aliphatic carboxylic acids is 1. The summed E-state index contributed by atoms with van der Waals surface area (Å²) < 4.78 is 2.10. The first-order valence-electron chi connectivity index (χ1n) is 3.18. The Morgan fingerprint density at radius 2 is 2.50 bits per heavy atom. The molecule has 1 aromatic rings. The topological polar surface area (TPSA) is 75.3 Å². The molecule has 1 atom stereocenters. The van der Waals surface area contributed by atoms with Gasteiger partial charge in [0.1, 0.15) is 0 Å². The first-order chi connectivity index (χ1) is 5.59. The molecule has 5 nitrogen and oxygen atoms in total. The van der Waals surface area contributed by atoms with Crippen molar-refractivity contribution in [1.82, 2.24) is 9.78 Å². The van der Waals surface area contributed by atoms with Crippen LogP contribution in [-0.2, 0) is 11.3 Å². The SMILES string of the molecule is O=C(O)C(O)Cn1cc(Br)cn1. The van der Waals surface area contributed by atoms with Gasteiger partial charge < -0.3 is 10.2 Å². The minimum absolute atomic E-state index is 0.0407. The van der Waals surface area contributed by atoms with Crippen molar-refractivity contribution in [3.63, 3.8) is 0 Å². The van der Waals surface area contributed by atoms with Crippen molar-refractivity contribution >= 4 is 21.9 Å². The van der Waals surface area contributed by atoms with Gasteiger partial charge in [0.2, 0.25) is 0 Å². The Balaban J connectivity index is 2.58. The van der Waals surface area contributed by atoms with E-state index in [0.717, 1.165) is 4.47 Å². The van der Waals surface area contributed by atoms with Gasteiger partial charge in [0.05, 0.1) is 17.2 Å². The molecule has 12 heavy (non-hydrogen) atoms. The Hall–Kier alpha value is -0.880. The predicted octanol–water partition coefficient (Wildman–Crippen LogP) is 0.0911. The standard InChI is InChI=1S/C6H7BrN2O3/c7-4-1-8-9(2-4)3-5(10)6(11)12/h1-2,5,10H,3H2,(H,11,12). The molecule has 2 N–H and O–H groups in total. The Morgan fingerprint density at radius 1 is 1.83 bits per heavy atom. The number of hydrogen-bond acceptors (Lipinski definition) is 3. The Labute approximate surface area is 76.8 Å². The van der Waals surface area contributed by atoms with Crippen molar-refractivity contribution in [1.29, 1.82) is 0 Å². The maximum absolute atomic E-state index is 10.2. The van der Waals surface area contributed by atoms with Crippen LogP contribution in [0.25, 0.3) is 0 Å². The lowest BCUT2D eigenvalue weighted by molar-refractivity contribution is -0.147. The smallest absolute Gasteiger partial charge is 0.334 e. The third-order valence-electron chi connectivity index (χ3n) is 1.25. The van der Waals surface area contributed by atoms with Crippen molar-refractivity contribution in [3.05, 3.63) is 16.9 Å². The molecule has 0 spiro atoms. The van der Waals surface area contributed by atoms with Crippen LogP contribution in [0.3, 0.4) is 0 Å². The zero-order chi connectivity index (χ0) is 9.14. The van der Waals surface area contributed by atoms with Gasteiger partial charge in [0, 0.05) is 6.20 Å². The summed E-state index contributed by atoms with van der Waals surface area (Å²) in [7, 11) is 0. The van der Waals surface area contributed by atoms with Crippen LogP contribution in [0.5, 0.6) is 0 Å². The van der Waals surface area contributed by atoms with E-state index in [-0.39, 0.29) is 6.54 Å². The lowest BCUT2D eigenvalue weighted by Gasteiger charge is -2.03. The zero-order valence-corrected chi connectivity index (χ0v) is 7.60. The lowest BCUT2D eigenvalue weighted by Crippen LogP contribution is -2.25. The average Bonchev–Trinajstić information content (AvgIpc) is 2.35. The molecule has 0 bridgehead atoms. The first-order valence-corrected chi connectivity index (χ1v) is 3.97. The van der Waals surface area contributed by atoms with Gasteiger partial charge in [-0.2, -0.15) is 5.10 Å². The van der Waals surface area contributed by atoms with Gasteiger partial charge in [-0.3, -0.25) is 4.68 Å². The van der Waals surface area contributed by atoms with Gasteiger partial charge in [0.15, 0.2) is 6.10 Å². The Morgan fingerprint density at radius 3 is 2.92 bits per heavy atom. The second-order valence-corrected chi connectivity index (χ2v) is 3.15. The molecule has 0 radical (unpaired) electrons. The Kier molecular flexibility index (Phi) is 2.83. The second-order valence-electron chi connectivity index (χ2n) is 2.23. The first kappa shape index (κ1) is 9.21. The molecular formula is C6H7BrN2O3. The largest absolute Gasteiger partial charge is 0.479 e.